The zero-order valence-electron chi connectivity index (χ0n) is 12.3. The predicted molar refractivity (Wildman–Crippen MR) is 88.7 cm³/mol. The van der Waals surface area contributed by atoms with Crippen LogP contribution in [-0.4, -0.2) is 23.5 Å². The van der Waals surface area contributed by atoms with E-state index in [0.29, 0.717) is 5.02 Å². The molecule has 0 aliphatic heterocycles. The van der Waals surface area contributed by atoms with E-state index in [1.807, 2.05) is 31.2 Å². The molecule has 0 atom stereocenters. The van der Waals surface area contributed by atoms with E-state index in [9.17, 15) is 9.59 Å². The van der Waals surface area contributed by atoms with Crippen LogP contribution in [0.2, 0.25) is 10.0 Å². The molecular formula is C16H14Cl2N2O3. The normalized spacial score (nSPS) is 10.2. The van der Waals surface area contributed by atoms with E-state index in [0.717, 1.165) is 11.1 Å². The fourth-order valence-corrected chi connectivity index (χ4v) is 2.17. The van der Waals surface area contributed by atoms with Crippen LogP contribution in [-0.2, 0) is 20.7 Å². The number of amides is 1. The molecule has 23 heavy (non-hydrogen) atoms. The Morgan fingerprint density at radius 3 is 2.57 bits per heavy atom. The van der Waals surface area contributed by atoms with E-state index < -0.39 is 18.5 Å². The molecule has 0 bridgehead atoms. The SMILES string of the molecule is Cc1ccc(CC(=O)OCC(=O)Nc2ncc(Cl)cc2Cl)cc1. The zero-order valence-corrected chi connectivity index (χ0v) is 13.8. The Kier molecular flexibility index (Phi) is 5.96. The van der Waals surface area contributed by atoms with E-state index in [1.165, 1.54) is 12.3 Å². The largest absolute Gasteiger partial charge is 0.455 e. The van der Waals surface area contributed by atoms with Crippen molar-refractivity contribution < 1.29 is 14.3 Å². The second-order valence-electron chi connectivity index (χ2n) is 4.86. The molecule has 1 heterocycles. The smallest absolute Gasteiger partial charge is 0.310 e. The molecule has 2 rings (SSSR count). The minimum Gasteiger partial charge on any atom is -0.455 e. The maximum absolute atomic E-state index is 11.7. The maximum atomic E-state index is 11.7. The van der Waals surface area contributed by atoms with Gasteiger partial charge in [-0.15, -0.1) is 0 Å². The van der Waals surface area contributed by atoms with Crippen LogP contribution in [0, 0.1) is 6.92 Å². The number of benzene rings is 1. The first kappa shape index (κ1) is 17.2. The minimum absolute atomic E-state index is 0.105. The first-order chi connectivity index (χ1) is 10.9. The molecule has 0 radical (unpaired) electrons. The van der Waals surface area contributed by atoms with Gasteiger partial charge in [-0.05, 0) is 18.6 Å². The molecule has 7 heteroatoms. The molecule has 1 amide bonds. The van der Waals surface area contributed by atoms with Gasteiger partial charge in [0.1, 0.15) is 0 Å². The highest BCUT2D eigenvalue weighted by molar-refractivity contribution is 6.36. The third-order valence-electron chi connectivity index (χ3n) is 2.90. The Morgan fingerprint density at radius 1 is 1.22 bits per heavy atom. The Labute approximate surface area is 143 Å². The van der Waals surface area contributed by atoms with E-state index in [-0.39, 0.29) is 17.3 Å². The fraction of sp³-hybridized carbons (Fsp3) is 0.188. The predicted octanol–water partition coefficient (Wildman–Crippen LogP) is 3.42. The maximum Gasteiger partial charge on any atom is 0.310 e. The van der Waals surface area contributed by atoms with Crippen molar-refractivity contribution in [1.29, 1.82) is 0 Å². The summed E-state index contributed by atoms with van der Waals surface area (Å²) in [7, 11) is 0. The van der Waals surface area contributed by atoms with E-state index in [1.54, 1.807) is 0 Å². The third-order valence-corrected chi connectivity index (χ3v) is 3.39. The first-order valence-corrected chi connectivity index (χ1v) is 7.51. The molecule has 1 aromatic carbocycles. The van der Waals surface area contributed by atoms with Gasteiger partial charge in [-0.1, -0.05) is 53.0 Å². The lowest BCUT2D eigenvalue weighted by Gasteiger charge is -2.07. The highest BCUT2D eigenvalue weighted by Gasteiger charge is 2.11. The number of hydrogen-bond donors (Lipinski definition) is 1. The van der Waals surface area contributed by atoms with Crippen molar-refractivity contribution >= 4 is 40.9 Å². The van der Waals surface area contributed by atoms with Crippen molar-refractivity contribution in [2.45, 2.75) is 13.3 Å². The molecule has 1 N–H and O–H groups in total. The lowest BCUT2D eigenvalue weighted by atomic mass is 10.1. The van der Waals surface area contributed by atoms with Crippen LogP contribution in [0.3, 0.4) is 0 Å². The van der Waals surface area contributed by atoms with Crippen LogP contribution < -0.4 is 5.32 Å². The number of nitrogens with one attached hydrogen (secondary N) is 1. The summed E-state index contributed by atoms with van der Waals surface area (Å²) in [6, 6.07) is 8.95. The highest BCUT2D eigenvalue weighted by atomic mass is 35.5. The molecule has 120 valence electrons. The average Bonchev–Trinajstić information content (AvgIpc) is 2.50. The van der Waals surface area contributed by atoms with Gasteiger partial charge in [0, 0.05) is 6.20 Å². The van der Waals surface area contributed by atoms with Gasteiger partial charge in [0.2, 0.25) is 0 Å². The number of rotatable bonds is 5. The molecule has 0 aliphatic rings. The quantitative estimate of drug-likeness (QED) is 0.837. The number of carbonyl (C=O) groups is 2. The Bertz CT molecular complexity index is 718. The molecule has 0 spiro atoms. The lowest BCUT2D eigenvalue weighted by Crippen LogP contribution is -2.22. The number of aryl methyl sites for hydroxylation is 1. The summed E-state index contributed by atoms with van der Waals surface area (Å²) >= 11 is 11.6. The summed E-state index contributed by atoms with van der Waals surface area (Å²) in [6.45, 7) is 1.55. The summed E-state index contributed by atoms with van der Waals surface area (Å²) < 4.78 is 4.93. The Morgan fingerprint density at radius 2 is 1.91 bits per heavy atom. The van der Waals surface area contributed by atoms with Crippen LogP contribution in [0.15, 0.2) is 36.5 Å². The number of pyridine rings is 1. The Hall–Kier alpha value is -2.11. The standard InChI is InChI=1S/C16H14Cl2N2O3/c1-10-2-4-11(5-3-10)6-15(22)23-9-14(21)20-16-13(18)7-12(17)8-19-16/h2-5,7-8H,6,9H2,1H3,(H,19,20,21). The van der Waals surface area contributed by atoms with E-state index >= 15 is 0 Å². The van der Waals surface area contributed by atoms with Crippen molar-refractivity contribution in [1.82, 2.24) is 4.98 Å². The number of aromatic nitrogens is 1. The first-order valence-electron chi connectivity index (χ1n) is 6.76. The highest BCUT2D eigenvalue weighted by Crippen LogP contribution is 2.22. The minimum atomic E-state index is -0.529. The van der Waals surface area contributed by atoms with E-state index in [4.69, 9.17) is 27.9 Å². The summed E-state index contributed by atoms with van der Waals surface area (Å²) in [5.41, 5.74) is 1.93. The second-order valence-corrected chi connectivity index (χ2v) is 5.70. The second kappa shape index (κ2) is 7.94. The third kappa shape index (κ3) is 5.54. The van der Waals surface area contributed by atoms with Crippen LogP contribution in [0.4, 0.5) is 5.82 Å². The molecule has 2 aromatic rings. The van der Waals surface area contributed by atoms with Crippen LogP contribution in [0.1, 0.15) is 11.1 Å². The summed E-state index contributed by atoms with van der Waals surface area (Å²) in [4.78, 5) is 27.3. The fourth-order valence-electron chi connectivity index (χ4n) is 1.74. The van der Waals surface area contributed by atoms with Gasteiger partial charge in [0.15, 0.2) is 12.4 Å². The number of ether oxygens (including phenoxy) is 1. The summed E-state index contributed by atoms with van der Waals surface area (Å²) in [6.07, 6.45) is 1.46. The van der Waals surface area contributed by atoms with Crippen LogP contribution in [0.5, 0.6) is 0 Å². The molecular weight excluding hydrogens is 339 g/mol. The lowest BCUT2D eigenvalue weighted by molar-refractivity contribution is -0.146. The van der Waals surface area contributed by atoms with Gasteiger partial charge in [0.25, 0.3) is 5.91 Å². The van der Waals surface area contributed by atoms with Gasteiger partial charge < -0.3 is 10.1 Å². The van der Waals surface area contributed by atoms with Crippen molar-refractivity contribution in [3.63, 3.8) is 0 Å². The number of anilines is 1. The van der Waals surface area contributed by atoms with Gasteiger partial charge in [-0.3, -0.25) is 9.59 Å². The van der Waals surface area contributed by atoms with Crippen molar-refractivity contribution in [2.75, 3.05) is 11.9 Å². The van der Waals surface area contributed by atoms with E-state index in [2.05, 4.69) is 10.3 Å². The number of esters is 1. The zero-order chi connectivity index (χ0) is 16.8. The van der Waals surface area contributed by atoms with Crippen molar-refractivity contribution in [2.24, 2.45) is 0 Å². The number of hydrogen-bond acceptors (Lipinski definition) is 4. The van der Waals surface area contributed by atoms with Gasteiger partial charge in [-0.25, -0.2) is 4.98 Å². The van der Waals surface area contributed by atoms with Gasteiger partial charge >= 0.3 is 5.97 Å². The number of carbonyl (C=O) groups excluding carboxylic acids is 2. The van der Waals surface area contributed by atoms with Gasteiger partial charge in [-0.2, -0.15) is 0 Å². The van der Waals surface area contributed by atoms with Crippen LogP contribution in [0.25, 0.3) is 0 Å². The molecule has 0 saturated heterocycles. The summed E-state index contributed by atoms with van der Waals surface area (Å²) in [5.74, 6) is -0.853. The number of halogens is 2. The van der Waals surface area contributed by atoms with Crippen LogP contribution >= 0.6 is 23.2 Å². The van der Waals surface area contributed by atoms with Crippen molar-refractivity contribution in [3.05, 3.63) is 57.7 Å². The topological polar surface area (TPSA) is 68.3 Å². The number of nitrogens with zero attached hydrogens (tertiary/aromatic N) is 1. The molecule has 0 fully saturated rings. The van der Waals surface area contributed by atoms with Gasteiger partial charge in [0.05, 0.1) is 16.5 Å². The molecule has 1 aromatic heterocycles. The monoisotopic (exact) mass is 352 g/mol. The Balaban J connectivity index is 1.81. The molecule has 0 saturated carbocycles. The molecule has 0 unspecified atom stereocenters. The molecule has 5 nitrogen and oxygen atoms in total. The average molecular weight is 353 g/mol. The summed E-state index contributed by atoms with van der Waals surface area (Å²) in [5, 5.41) is 3.01. The van der Waals surface area contributed by atoms with Crippen molar-refractivity contribution in [3.8, 4) is 0 Å². The molecule has 0 aliphatic carbocycles.